The smallest absolute Gasteiger partial charge is 0.362 e. The Balaban J connectivity index is 1.54. The topological polar surface area (TPSA) is 128 Å². The number of rotatable bonds is 15. The van der Waals surface area contributed by atoms with Crippen molar-refractivity contribution in [3.8, 4) is 5.75 Å². The third-order valence-electron chi connectivity index (χ3n) is 7.43. The number of carbonyl (C=O) groups excluding carboxylic acids is 2. The molecule has 226 valence electrons. The van der Waals surface area contributed by atoms with E-state index in [4.69, 9.17) is 4.74 Å². The molecular formula is C30H38N4O6S2. The van der Waals surface area contributed by atoms with Gasteiger partial charge in [0.25, 0.3) is 5.91 Å². The maximum absolute atomic E-state index is 14.1. The molecule has 1 N–H and O–H groups in total. The summed E-state index contributed by atoms with van der Waals surface area (Å²) in [4.78, 5) is 38.0. The van der Waals surface area contributed by atoms with Crippen molar-refractivity contribution >= 4 is 33.5 Å². The highest BCUT2D eigenvalue weighted by molar-refractivity contribution is 7.85. The zero-order chi connectivity index (χ0) is 30.3. The number of hydrogen-bond donors (Lipinski definition) is 1. The van der Waals surface area contributed by atoms with Gasteiger partial charge >= 0.3 is 10.3 Å². The Bertz CT molecular complexity index is 1500. The fraction of sp³-hybridized carbons (Fsp3) is 0.467. The van der Waals surface area contributed by atoms with Crippen LogP contribution in [0.1, 0.15) is 76.2 Å². The molecule has 0 spiro atoms. The number of benzene rings is 1. The normalized spacial score (nSPS) is 13.9. The number of thiazole rings is 1. The molecule has 0 saturated heterocycles. The van der Waals surface area contributed by atoms with Crippen LogP contribution in [0.25, 0.3) is 0 Å². The van der Waals surface area contributed by atoms with Gasteiger partial charge in [0.05, 0.1) is 38.1 Å². The molecule has 2 aromatic heterocycles. The van der Waals surface area contributed by atoms with E-state index in [2.05, 4.69) is 45.3 Å². The SMILES string of the molecule is CCCCc1cccc(CCCN(Cc2nc(C(=O)NS(=O)(=O)OC)c(C)s2)C(=O)C2(c3ccc(OC)cn3)CC2)c1. The highest BCUT2D eigenvalue weighted by atomic mass is 32.2. The van der Waals surface area contributed by atoms with Crippen molar-refractivity contribution in [2.45, 2.75) is 70.8 Å². The Hall–Kier alpha value is -3.35. The van der Waals surface area contributed by atoms with E-state index in [-0.39, 0.29) is 18.1 Å². The van der Waals surface area contributed by atoms with Crippen molar-refractivity contribution < 1.29 is 26.9 Å². The second-order valence-electron chi connectivity index (χ2n) is 10.5. The van der Waals surface area contributed by atoms with Crippen LogP contribution >= 0.6 is 11.3 Å². The van der Waals surface area contributed by atoms with Crippen molar-refractivity contribution in [2.24, 2.45) is 0 Å². The van der Waals surface area contributed by atoms with E-state index in [9.17, 15) is 18.0 Å². The lowest BCUT2D eigenvalue weighted by Gasteiger charge is -2.27. The summed E-state index contributed by atoms with van der Waals surface area (Å²) in [6.07, 6.45) is 7.93. The van der Waals surface area contributed by atoms with Crippen LogP contribution in [-0.4, -0.2) is 55.9 Å². The van der Waals surface area contributed by atoms with Gasteiger partial charge in [0.2, 0.25) is 5.91 Å². The molecule has 2 heterocycles. The molecule has 0 aliphatic heterocycles. The molecule has 1 saturated carbocycles. The van der Waals surface area contributed by atoms with Crippen molar-refractivity contribution in [3.05, 3.63) is 75.0 Å². The summed E-state index contributed by atoms with van der Waals surface area (Å²) in [5.74, 6) is -0.281. The van der Waals surface area contributed by atoms with Crippen LogP contribution in [0.2, 0.25) is 0 Å². The first-order chi connectivity index (χ1) is 20.1. The molecule has 0 radical (unpaired) electrons. The maximum atomic E-state index is 14.1. The van der Waals surface area contributed by atoms with Gasteiger partial charge < -0.3 is 9.64 Å². The largest absolute Gasteiger partial charge is 0.495 e. The summed E-state index contributed by atoms with van der Waals surface area (Å²) in [5.41, 5.74) is 2.56. The molecule has 1 aromatic carbocycles. The minimum atomic E-state index is -4.22. The van der Waals surface area contributed by atoms with Gasteiger partial charge in [-0.15, -0.1) is 11.3 Å². The second kappa shape index (κ2) is 13.7. The van der Waals surface area contributed by atoms with E-state index in [1.165, 1.54) is 22.5 Å². The highest BCUT2D eigenvalue weighted by Gasteiger charge is 2.54. The van der Waals surface area contributed by atoms with Crippen LogP contribution in [0.3, 0.4) is 0 Å². The molecule has 0 atom stereocenters. The number of amides is 2. The lowest BCUT2D eigenvalue weighted by Crippen LogP contribution is -2.40. The summed E-state index contributed by atoms with van der Waals surface area (Å²) < 4.78 is 34.9. The minimum Gasteiger partial charge on any atom is -0.495 e. The summed E-state index contributed by atoms with van der Waals surface area (Å²) in [6.45, 7) is 4.57. The van der Waals surface area contributed by atoms with E-state index in [0.29, 0.717) is 40.7 Å². The zero-order valence-corrected chi connectivity index (χ0v) is 26.1. The number of unbranched alkanes of at least 4 members (excludes halogenated alkanes) is 1. The number of nitrogens with zero attached hydrogens (tertiary/aromatic N) is 3. The number of carbonyl (C=O) groups is 2. The number of hydrogen-bond acceptors (Lipinski definition) is 9. The first-order valence-corrected chi connectivity index (χ1v) is 16.3. The Morgan fingerprint density at radius 3 is 2.40 bits per heavy atom. The molecule has 1 aliphatic rings. The average molecular weight is 615 g/mol. The fourth-order valence-corrected chi connectivity index (χ4v) is 6.29. The molecule has 3 aromatic rings. The van der Waals surface area contributed by atoms with Crippen LogP contribution in [0.4, 0.5) is 0 Å². The molecule has 1 aliphatic carbocycles. The Kier molecular flexibility index (Phi) is 10.3. The molecule has 0 bridgehead atoms. The third-order valence-corrected chi connectivity index (χ3v) is 9.26. The molecule has 4 rings (SSSR count). The van der Waals surface area contributed by atoms with Gasteiger partial charge in [-0.05, 0) is 68.7 Å². The van der Waals surface area contributed by atoms with Gasteiger partial charge in [0.15, 0.2) is 0 Å². The van der Waals surface area contributed by atoms with E-state index < -0.39 is 21.6 Å². The van der Waals surface area contributed by atoms with Crippen molar-refractivity contribution in [2.75, 3.05) is 20.8 Å². The fourth-order valence-electron chi connectivity index (χ4n) is 4.94. The van der Waals surface area contributed by atoms with E-state index in [1.54, 1.807) is 25.1 Å². The monoisotopic (exact) mass is 614 g/mol. The highest BCUT2D eigenvalue weighted by Crippen LogP contribution is 2.49. The molecule has 10 nitrogen and oxygen atoms in total. The summed E-state index contributed by atoms with van der Waals surface area (Å²) in [7, 11) is -1.68. The van der Waals surface area contributed by atoms with E-state index in [1.807, 2.05) is 16.9 Å². The number of nitrogens with one attached hydrogen (secondary N) is 1. The molecule has 2 amide bonds. The minimum absolute atomic E-state index is 0.00938. The van der Waals surface area contributed by atoms with Gasteiger partial charge in [-0.3, -0.25) is 18.8 Å². The molecule has 42 heavy (non-hydrogen) atoms. The van der Waals surface area contributed by atoms with Crippen LogP contribution in [0.15, 0.2) is 42.6 Å². The Morgan fingerprint density at radius 2 is 1.81 bits per heavy atom. The molecular weight excluding hydrogens is 576 g/mol. The summed E-state index contributed by atoms with van der Waals surface area (Å²) in [5, 5.41) is 0.542. The van der Waals surface area contributed by atoms with Crippen LogP contribution in [0.5, 0.6) is 5.75 Å². The number of pyridine rings is 1. The van der Waals surface area contributed by atoms with Crippen LogP contribution in [0, 0.1) is 6.92 Å². The number of aryl methyl sites for hydroxylation is 3. The summed E-state index contributed by atoms with van der Waals surface area (Å²) in [6, 6.07) is 12.3. The van der Waals surface area contributed by atoms with Crippen LogP contribution < -0.4 is 9.46 Å². The molecule has 12 heteroatoms. The average Bonchev–Trinajstić information content (AvgIpc) is 3.71. The third kappa shape index (κ3) is 7.73. The number of ether oxygens (including phenoxy) is 1. The predicted molar refractivity (Wildman–Crippen MR) is 161 cm³/mol. The van der Waals surface area contributed by atoms with E-state index >= 15 is 0 Å². The lowest BCUT2D eigenvalue weighted by molar-refractivity contribution is -0.134. The Morgan fingerprint density at radius 1 is 1.10 bits per heavy atom. The van der Waals surface area contributed by atoms with Gasteiger partial charge in [-0.1, -0.05) is 37.6 Å². The number of methoxy groups -OCH3 is 1. The first kappa shape index (κ1) is 31.6. The van der Waals surface area contributed by atoms with Gasteiger partial charge in [-0.2, -0.15) is 8.42 Å². The standard InChI is InChI=1S/C30H38N4O6S2/c1-5-6-9-22-10-7-11-23(18-22)12-8-17-34(29(36)30(15-16-30)25-14-13-24(39-3)19-31-25)20-26-32-27(21(2)41-26)28(35)33-42(37,38)40-4/h7,10-11,13-14,18-19H,5-6,8-9,12,15-17,20H2,1-4H3,(H,33,35). The second-order valence-corrected chi connectivity index (χ2v) is 13.2. The zero-order valence-electron chi connectivity index (χ0n) is 24.5. The maximum Gasteiger partial charge on any atom is 0.362 e. The van der Waals surface area contributed by atoms with Gasteiger partial charge in [-0.25, -0.2) is 9.71 Å². The van der Waals surface area contributed by atoms with Crippen molar-refractivity contribution in [3.63, 3.8) is 0 Å². The van der Waals surface area contributed by atoms with Crippen LogP contribution in [-0.2, 0) is 44.1 Å². The number of aromatic nitrogens is 2. The predicted octanol–water partition coefficient (Wildman–Crippen LogP) is 4.51. The Labute approximate surface area is 251 Å². The lowest BCUT2D eigenvalue weighted by atomic mass is 9.99. The van der Waals surface area contributed by atoms with E-state index in [0.717, 1.165) is 39.2 Å². The quantitative estimate of drug-likeness (QED) is 0.265. The first-order valence-electron chi connectivity index (χ1n) is 14.1. The molecule has 1 fully saturated rings. The van der Waals surface area contributed by atoms with Gasteiger partial charge in [0.1, 0.15) is 16.5 Å². The van der Waals surface area contributed by atoms with Gasteiger partial charge in [0, 0.05) is 11.4 Å². The van der Waals surface area contributed by atoms with Crippen molar-refractivity contribution in [1.82, 2.24) is 19.6 Å². The molecule has 0 unspecified atom stereocenters. The summed E-state index contributed by atoms with van der Waals surface area (Å²) >= 11 is 1.26. The van der Waals surface area contributed by atoms with Crippen molar-refractivity contribution in [1.29, 1.82) is 0 Å².